The first kappa shape index (κ1) is 19.1. The normalized spacial score (nSPS) is 17.3. The van der Waals surface area contributed by atoms with Crippen LogP contribution < -0.4 is 5.32 Å². The van der Waals surface area contributed by atoms with Crippen LogP contribution in [0, 0.1) is 0 Å². The number of aliphatic hydroxyl groups is 1. The van der Waals surface area contributed by atoms with Crippen molar-refractivity contribution in [1.29, 1.82) is 0 Å². The number of benzene rings is 2. The Labute approximate surface area is 158 Å². The molecule has 0 saturated carbocycles. The minimum absolute atomic E-state index is 0.0994. The molecule has 2 aromatic carbocycles. The van der Waals surface area contributed by atoms with Crippen LogP contribution in [0.3, 0.4) is 0 Å². The first-order valence-electron chi connectivity index (χ1n) is 10.0. The quantitative estimate of drug-likeness (QED) is 0.680. The second-order valence-corrected chi connectivity index (χ2v) is 7.46. The Morgan fingerprint density at radius 1 is 0.923 bits per heavy atom. The van der Waals surface area contributed by atoms with Crippen LogP contribution in [0.4, 0.5) is 0 Å². The van der Waals surface area contributed by atoms with Crippen LogP contribution in [0.1, 0.15) is 30.4 Å². The molecule has 3 heteroatoms. The number of aryl methyl sites for hydroxylation is 1. The van der Waals surface area contributed by atoms with Gasteiger partial charge in [-0.1, -0.05) is 60.7 Å². The number of piperidine rings is 1. The molecule has 1 aliphatic rings. The maximum Gasteiger partial charge on any atom is 0.0564 e. The van der Waals surface area contributed by atoms with E-state index in [-0.39, 0.29) is 6.10 Å². The molecule has 1 unspecified atom stereocenters. The average molecular weight is 353 g/mol. The van der Waals surface area contributed by atoms with Gasteiger partial charge in [0.15, 0.2) is 0 Å². The SMILES string of the molecule is OC1CCN(CC(Cc2ccccc2)NCCCc2ccccc2)CC1. The Kier molecular flexibility index (Phi) is 7.68. The monoisotopic (exact) mass is 352 g/mol. The molecule has 0 aliphatic carbocycles. The van der Waals surface area contributed by atoms with Crippen molar-refractivity contribution < 1.29 is 5.11 Å². The molecule has 0 aromatic heterocycles. The average Bonchev–Trinajstić information content (AvgIpc) is 2.68. The molecule has 2 aromatic rings. The summed E-state index contributed by atoms with van der Waals surface area (Å²) in [6.07, 6.45) is 5.07. The van der Waals surface area contributed by atoms with Gasteiger partial charge in [0.25, 0.3) is 0 Å². The highest BCUT2D eigenvalue weighted by Crippen LogP contribution is 2.12. The third kappa shape index (κ3) is 6.56. The van der Waals surface area contributed by atoms with Gasteiger partial charge < -0.3 is 15.3 Å². The van der Waals surface area contributed by atoms with Crippen molar-refractivity contribution in [3.05, 3.63) is 71.8 Å². The van der Waals surface area contributed by atoms with E-state index in [9.17, 15) is 5.11 Å². The van der Waals surface area contributed by atoms with E-state index in [2.05, 4.69) is 70.9 Å². The highest BCUT2D eigenvalue weighted by Gasteiger charge is 2.20. The number of likely N-dealkylation sites (tertiary alicyclic amines) is 1. The lowest BCUT2D eigenvalue weighted by atomic mass is 10.0. The van der Waals surface area contributed by atoms with Crippen molar-refractivity contribution in [3.63, 3.8) is 0 Å². The van der Waals surface area contributed by atoms with Crippen molar-refractivity contribution in [2.24, 2.45) is 0 Å². The van der Waals surface area contributed by atoms with Gasteiger partial charge in [-0.15, -0.1) is 0 Å². The van der Waals surface area contributed by atoms with E-state index in [1.165, 1.54) is 11.1 Å². The molecule has 2 N–H and O–H groups in total. The van der Waals surface area contributed by atoms with Gasteiger partial charge in [0.05, 0.1) is 6.10 Å². The second kappa shape index (κ2) is 10.5. The molecule has 0 radical (unpaired) electrons. The van der Waals surface area contributed by atoms with Crippen molar-refractivity contribution in [2.75, 3.05) is 26.2 Å². The van der Waals surface area contributed by atoms with E-state index in [1.807, 2.05) is 0 Å². The summed E-state index contributed by atoms with van der Waals surface area (Å²) < 4.78 is 0. The van der Waals surface area contributed by atoms with Crippen LogP contribution in [0.15, 0.2) is 60.7 Å². The minimum Gasteiger partial charge on any atom is -0.393 e. The third-order valence-corrected chi connectivity index (χ3v) is 5.28. The molecule has 1 heterocycles. The number of aliphatic hydroxyl groups excluding tert-OH is 1. The molecule has 3 rings (SSSR count). The summed E-state index contributed by atoms with van der Waals surface area (Å²) >= 11 is 0. The van der Waals surface area contributed by atoms with Crippen LogP contribution in [-0.2, 0) is 12.8 Å². The Balaban J connectivity index is 1.48. The van der Waals surface area contributed by atoms with Crippen LogP contribution in [0.5, 0.6) is 0 Å². The summed E-state index contributed by atoms with van der Waals surface area (Å²) in [5.74, 6) is 0. The molecule has 0 bridgehead atoms. The van der Waals surface area contributed by atoms with E-state index in [4.69, 9.17) is 0 Å². The highest BCUT2D eigenvalue weighted by atomic mass is 16.3. The zero-order chi connectivity index (χ0) is 18.0. The van der Waals surface area contributed by atoms with Crippen molar-refractivity contribution >= 4 is 0 Å². The van der Waals surface area contributed by atoms with E-state index >= 15 is 0 Å². The molecule has 1 saturated heterocycles. The zero-order valence-corrected chi connectivity index (χ0v) is 15.7. The Morgan fingerprint density at radius 3 is 2.19 bits per heavy atom. The number of rotatable bonds is 9. The maximum absolute atomic E-state index is 9.74. The van der Waals surface area contributed by atoms with Gasteiger partial charge in [0, 0.05) is 25.7 Å². The van der Waals surface area contributed by atoms with Crippen molar-refractivity contribution in [2.45, 2.75) is 44.2 Å². The molecule has 26 heavy (non-hydrogen) atoms. The van der Waals surface area contributed by atoms with Crippen LogP contribution >= 0.6 is 0 Å². The van der Waals surface area contributed by atoms with Crippen molar-refractivity contribution in [1.82, 2.24) is 10.2 Å². The van der Waals surface area contributed by atoms with E-state index in [1.54, 1.807) is 0 Å². The maximum atomic E-state index is 9.74. The summed E-state index contributed by atoms with van der Waals surface area (Å²) in [4.78, 5) is 2.50. The predicted octanol–water partition coefficient (Wildman–Crippen LogP) is 3.28. The number of nitrogens with zero attached hydrogens (tertiary/aromatic N) is 1. The highest BCUT2D eigenvalue weighted by molar-refractivity contribution is 5.16. The van der Waals surface area contributed by atoms with Gasteiger partial charge in [-0.3, -0.25) is 0 Å². The molecule has 0 amide bonds. The fourth-order valence-electron chi connectivity index (χ4n) is 3.76. The fourth-order valence-corrected chi connectivity index (χ4v) is 3.76. The first-order valence-corrected chi connectivity index (χ1v) is 10.0. The molecule has 1 atom stereocenters. The van der Waals surface area contributed by atoms with E-state index < -0.39 is 0 Å². The Hall–Kier alpha value is -1.68. The van der Waals surface area contributed by atoms with E-state index in [0.29, 0.717) is 6.04 Å². The van der Waals surface area contributed by atoms with Crippen LogP contribution in [-0.4, -0.2) is 48.3 Å². The fraction of sp³-hybridized carbons (Fsp3) is 0.478. The predicted molar refractivity (Wildman–Crippen MR) is 108 cm³/mol. The molecule has 0 spiro atoms. The van der Waals surface area contributed by atoms with Gasteiger partial charge in [-0.25, -0.2) is 0 Å². The minimum atomic E-state index is -0.0994. The Bertz CT molecular complexity index is 609. The van der Waals surface area contributed by atoms with Gasteiger partial charge in [0.1, 0.15) is 0 Å². The van der Waals surface area contributed by atoms with Crippen molar-refractivity contribution in [3.8, 4) is 0 Å². The van der Waals surface area contributed by atoms with Gasteiger partial charge >= 0.3 is 0 Å². The summed E-state index contributed by atoms with van der Waals surface area (Å²) in [7, 11) is 0. The molecule has 3 nitrogen and oxygen atoms in total. The second-order valence-electron chi connectivity index (χ2n) is 7.46. The molecule has 1 fully saturated rings. The number of hydrogen-bond donors (Lipinski definition) is 2. The lowest BCUT2D eigenvalue weighted by molar-refractivity contribution is 0.0777. The molecule has 1 aliphatic heterocycles. The number of nitrogens with one attached hydrogen (secondary N) is 1. The summed E-state index contributed by atoms with van der Waals surface area (Å²) in [5, 5.41) is 13.5. The standard InChI is InChI=1S/C23H32N2O/c26-23-13-16-25(17-14-23)19-22(18-21-10-5-2-6-11-21)24-15-7-12-20-8-3-1-4-9-20/h1-6,8-11,22-24,26H,7,12-19H2. The summed E-state index contributed by atoms with van der Waals surface area (Å²) in [6, 6.07) is 22.0. The summed E-state index contributed by atoms with van der Waals surface area (Å²) in [6.45, 7) is 4.13. The topological polar surface area (TPSA) is 35.5 Å². The van der Waals surface area contributed by atoms with Gasteiger partial charge in [-0.2, -0.15) is 0 Å². The lowest BCUT2D eigenvalue weighted by Gasteiger charge is -2.33. The van der Waals surface area contributed by atoms with E-state index in [0.717, 1.165) is 58.3 Å². The summed E-state index contributed by atoms with van der Waals surface area (Å²) in [5.41, 5.74) is 2.81. The van der Waals surface area contributed by atoms with Gasteiger partial charge in [0.2, 0.25) is 0 Å². The Morgan fingerprint density at radius 2 is 1.54 bits per heavy atom. The lowest BCUT2D eigenvalue weighted by Crippen LogP contribution is -2.46. The molecular weight excluding hydrogens is 320 g/mol. The molecular formula is C23H32N2O. The third-order valence-electron chi connectivity index (χ3n) is 5.28. The zero-order valence-electron chi connectivity index (χ0n) is 15.7. The van der Waals surface area contributed by atoms with Crippen LogP contribution in [0.2, 0.25) is 0 Å². The smallest absolute Gasteiger partial charge is 0.0564 e. The number of hydrogen-bond acceptors (Lipinski definition) is 3. The van der Waals surface area contributed by atoms with Crippen LogP contribution in [0.25, 0.3) is 0 Å². The largest absolute Gasteiger partial charge is 0.393 e. The molecule has 140 valence electrons. The first-order chi connectivity index (χ1) is 12.8. The van der Waals surface area contributed by atoms with Gasteiger partial charge in [-0.05, 0) is 49.8 Å².